The first kappa shape index (κ1) is 29.5. The van der Waals surface area contributed by atoms with Crippen LogP contribution in [-0.2, 0) is 0 Å². The standard InChI is InChI=1S/C41H37O2P2/c1-45(34-22-10-4-11-23-34,35-24-12-5-13-25-35)39-29-17-27-37-41(39)40-36(42-30-14-15-31-43-37)26-16-28-38(40)44(32-18-6-2-7-19-32)33-20-8-3-9-21-33/h2-13,16-29H,14-15,30-31H2,1H3/q+1. The third-order valence-electron chi connectivity index (χ3n) is 8.61. The number of hydrogen-bond donors (Lipinski definition) is 0. The Balaban J connectivity index is 1.58. The summed E-state index contributed by atoms with van der Waals surface area (Å²) in [6, 6.07) is 57.3. The number of hydrogen-bond acceptors (Lipinski definition) is 2. The maximum Gasteiger partial charge on any atom is 0.131 e. The molecule has 0 aliphatic carbocycles. The maximum atomic E-state index is 6.74. The van der Waals surface area contributed by atoms with Gasteiger partial charge in [-0.2, -0.15) is 0 Å². The molecule has 45 heavy (non-hydrogen) atoms. The lowest BCUT2D eigenvalue weighted by molar-refractivity contribution is 0.264. The Morgan fingerprint density at radius 2 is 0.911 bits per heavy atom. The van der Waals surface area contributed by atoms with Crippen LogP contribution in [0.1, 0.15) is 12.8 Å². The highest BCUT2D eigenvalue weighted by Crippen LogP contribution is 2.56. The van der Waals surface area contributed by atoms with Crippen LogP contribution < -0.4 is 41.3 Å². The fraction of sp³-hybridized carbons (Fsp3) is 0.122. The Kier molecular flexibility index (Phi) is 8.79. The molecule has 0 bridgehead atoms. The van der Waals surface area contributed by atoms with Gasteiger partial charge in [0.1, 0.15) is 34.7 Å². The Morgan fingerprint density at radius 1 is 0.467 bits per heavy atom. The van der Waals surface area contributed by atoms with Gasteiger partial charge in [0.2, 0.25) is 0 Å². The number of rotatable bonds is 6. The molecule has 0 N–H and O–H groups in total. The first-order chi connectivity index (χ1) is 22.2. The second-order valence-electron chi connectivity index (χ2n) is 11.4. The van der Waals surface area contributed by atoms with E-state index >= 15 is 0 Å². The van der Waals surface area contributed by atoms with E-state index in [1.165, 1.54) is 31.8 Å². The summed E-state index contributed by atoms with van der Waals surface area (Å²) in [5, 5.41) is 7.91. The lowest BCUT2D eigenvalue weighted by Crippen LogP contribution is -2.33. The van der Waals surface area contributed by atoms with Gasteiger partial charge in [0.05, 0.1) is 25.4 Å². The summed E-state index contributed by atoms with van der Waals surface area (Å²) in [6.45, 7) is 3.79. The quantitative estimate of drug-likeness (QED) is 0.178. The van der Waals surface area contributed by atoms with Crippen LogP contribution in [0.25, 0.3) is 11.1 Å². The second kappa shape index (κ2) is 13.4. The van der Waals surface area contributed by atoms with Crippen molar-refractivity contribution in [3.8, 4) is 22.6 Å². The summed E-state index contributed by atoms with van der Waals surface area (Å²) >= 11 is 0. The van der Waals surface area contributed by atoms with Crippen LogP contribution in [0.3, 0.4) is 0 Å². The van der Waals surface area contributed by atoms with Crippen molar-refractivity contribution in [3.63, 3.8) is 0 Å². The van der Waals surface area contributed by atoms with Crippen LogP contribution in [0.15, 0.2) is 158 Å². The molecule has 7 rings (SSSR count). The van der Waals surface area contributed by atoms with E-state index in [0.29, 0.717) is 13.2 Å². The van der Waals surface area contributed by atoms with Crippen molar-refractivity contribution >= 4 is 47.0 Å². The lowest BCUT2D eigenvalue weighted by atomic mass is 10.0. The van der Waals surface area contributed by atoms with Gasteiger partial charge in [-0.25, -0.2) is 0 Å². The SMILES string of the molecule is C[P+](c1ccccc1)(c1ccccc1)c1cccc2c1-c1c(cccc1P(c1ccccc1)c1ccccc1)OCCCCO2. The number of benzene rings is 6. The van der Waals surface area contributed by atoms with Crippen LogP contribution >= 0.6 is 15.2 Å². The van der Waals surface area contributed by atoms with E-state index < -0.39 is 15.2 Å². The van der Waals surface area contributed by atoms with Gasteiger partial charge >= 0.3 is 0 Å². The van der Waals surface area contributed by atoms with E-state index in [2.05, 4.69) is 164 Å². The average molecular weight is 624 g/mol. The third-order valence-corrected chi connectivity index (χ3v) is 15.1. The molecule has 6 aromatic rings. The Hall–Kier alpha value is -4.22. The van der Waals surface area contributed by atoms with Gasteiger partial charge in [0.15, 0.2) is 0 Å². The molecule has 0 saturated carbocycles. The number of ether oxygens (including phenoxy) is 2. The molecule has 0 unspecified atom stereocenters. The lowest BCUT2D eigenvalue weighted by Gasteiger charge is -2.30. The molecule has 1 aliphatic heterocycles. The summed E-state index contributed by atoms with van der Waals surface area (Å²) in [5.41, 5.74) is 2.31. The summed E-state index contributed by atoms with van der Waals surface area (Å²) in [4.78, 5) is 0. The normalized spacial score (nSPS) is 13.2. The molecule has 6 aromatic carbocycles. The van der Waals surface area contributed by atoms with E-state index in [9.17, 15) is 0 Å². The Labute approximate surface area is 268 Å². The summed E-state index contributed by atoms with van der Waals surface area (Å²) < 4.78 is 13.5. The third kappa shape index (κ3) is 5.82. The number of fused-ring (bicyclic) bond motifs is 3. The smallest absolute Gasteiger partial charge is 0.131 e. The molecular formula is C41H37O2P2+. The minimum atomic E-state index is -2.12. The van der Waals surface area contributed by atoms with E-state index in [1.807, 2.05) is 0 Å². The van der Waals surface area contributed by atoms with Gasteiger partial charge < -0.3 is 9.47 Å². The first-order valence-electron chi connectivity index (χ1n) is 15.7. The van der Waals surface area contributed by atoms with Gasteiger partial charge in [0.25, 0.3) is 0 Å². The van der Waals surface area contributed by atoms with Crippen LogP contribution in [-0.4, -0.2) is 19.9 Å². The molecule has 0 amide bonds. The second-order valence-corrected chi connectivity index (χ2v) is 17.1. The van der Waals surface area contributed by atoms with Crippen LogP contribution in [0.2, 0.25) is 0 Å². The van der Waals surface area contributed by atoms with E-state index in [-0.39, 0.29) is 0 Å². The molecule has 0 spiro atoms. The summed E-state index contributed by atoms with van der Waals surface area (Å²) in [7, 11) is -3.02. The minimum Gasteiger partial charge on any atom is -0.493 e. The van der Waals surface area contributed by atoms with Crippen molar-refractivity contribution in [2.45, 2.75) is 12.8 Å². The maximum absolute atomic E-state index is 6.74. The van der Waals surface area contributed by atoms with Gasteiger partial charge in [-0.05, 0) is 79.1 Å². The molecule has 0 saturated heterocycles. The van der Waals surface area contributed by atoms with Gasteiger partial charge in [-0.1, -0.05) is 115 Å². The molecule has 222 valence electrons. The highest BCUT2D eigenvalue weighted by Gasteiger charge is 2.44. The Morgan fingerprint density at radius 3 is 1.42 bits per heavy atom. The topological polar surface area (TPSA) is 18.5 Å². The molecule has 4 heteroatoms. The minimum absolute atomic E-state index is 0.662. The highest BCUT2D eigenvalue weighted by molar-refractivity contribution is 7.95. The van der Waals surface area contributed by atoms with Crippen molar-refractivity contribution in [1.82, 2.24) is 0 Å². The Bertz CT molecular complexity index is 1780. The average Bonchev–Trinajstić information content (AvgIpc) is 3.11. The molecule has 0 atom stereocenters. The zero-order valence-corrected chi connectivity index (χ0v) is 27.3. The van der Waals surface area contributed by atoms with Crippen LogP contribution in [0.5, 0.6) is 11.5 Å². The largest absolute Gasteiger partial charge is 0.493 e. The monoisotopic (exact) mass is 623 g/mol. The molecule has 0 aromatic heterocycles. The first-order valence-corrected chi connectivity index (χ1v) is 19.2. The fourth-order valence-electron chi connectivity index (χ4n) is 6.37. The predicted octanol–water partition coefficient (Wildman–Crippen LogP) is 7.59. The van der Waals surface area contributed by atoms with E-state index in [0.717, 1.165) is 35.5 Å². The van der Waals surface area contributed by atoms with Gasteiger partial charge in [-0.15, -0.1) is 0 Å². The highest BCUT2D eigenvalue weighted by atomic mass is 31.2. The van der Waals surface area contributed by atoms with Crippen molar-refractivity contribution in [1.29, 1.82) is 0 Å². The summed E-state index contributed by atoms with van der Waals surface area (Å²) in [6.07, 6.45) is 1.90. The molecule has 1 aliphatic rings. The van der Waals surface area contributed by atoms with Crippen LogP contribution in [0.4, 0.5) is 0 Å². The van der Waals surface area contributed by atoms with Crippen molar-refractivity contribution in [2.24, 2.45) is 0 Å². The van der Waals surface area contributed by atoms with Crippen LogP contribution in [0, 0.1) is 0 Å². The molecule has 1 heterocycles. The predicted molar refractivity (Wildman–Crippen MR) is 195 cm³/mol. The van der Waals surface area contributed by atoms with Crippen molar-refractivity contribution in [2.75, 3.05) is 19.9 Å². The van der Waals surface area contributed by atoms with Gasteiger partial charge in [-0.3, -0.25) is 0 Å². The zero-order chi connectivity index (χ0) is 30.5. The fourth-order valence-corrected chi connectivity index (χ4v) is 12.3. The van der Waals surface area contributed by atoms with Gasteiger partial charge in [0, 0.05) is 5.56 Å². The van der Waals surface area contributed by atoms with Crippen molar-refractivity contribution in [3.05, 3.63) is 158 Å². The molecule has 0 radical (unpaired) electrons. The zero-order valence-electron chi connectivity index (χ0n) is 25.6. The molecular weight excluding hydrogens is 586 g/mol. The molecule has 0 fully saturated rings. The van der Waals surface area contributed by atoms with E-state index in [4.69, 9.17) is 9.47 Å². The summed E-state index contributed by atoms with van der Waals surface area (Å²) in [5.74, 6) is 1.86. The van der Waals surface area contributed by atoms with Crippen molar-refractivity contribution < 1.29 is 9.47 Å². The van der Waals surface area contributed by atoms with E-state index in [1.54, 1.807) is 0 Å². The molecule has 2 nitrogen and oxygen atoms in total.